The first kappa shape index (κ1) is 31.4. The monoisotopic (exact) mass is 591 g/mol. The third-order valence-electron chi connectivity index (χ3n) is 6.77. The summed E-state index contributed by atoms with van der Waals surface area (Å²) in [7, 11) is 0. The van der Waals surface area contributed by atoms with Crippen molar-refractivity contribution in [1.29, 1.82) is 0 Å². The van der Waals surface area contributed by atoms with Crippen LogP contribution < -0.4 is 0 Å². The summed E-state index contributed by atoms with van der Waals surface area (Å²) in [5, 5.41) is 31.5. The number of carboxylic acid groups (broad SMARTS) is 2. The lowest BCUT2D eigenvalue weighted by Gasteiger charge is -2.43. The van der Waals surface area contributed by atoms with Crippen molar-refractivity contribution in [3.05, 3.63) is 29.8 Å². The molecule has 40 heavy (non-hydrogen) atoms. The van der Waals surface area contributed by atoms with Gasteiger partial charge in [0.15, 0.2) is 25.1 Å². The number of nitrogens with zero attached hydrogens (tertiary/aromatic N) is 1. The van der Waals surface area contributed by atoms with E-state index in [4.69, 9.17) is 18.9 Å². The van der Waals surface area contributed by atoms with Gasteiger partial charge in [-0.2, -0.15) is 0 Å². The molecule has 0 amide bonds. The maximum Gasteiger partial charge on any atom is 0.509 e. The summed E-state index contributed by atoms with van der Waals surface area (Å²) in [5.74, 6) is -9.98. The van der Waals surface area contributed by atoms with Crippen LogP contribution in [0, 0.1) is 35.3 Å². The Balaban J connectivity index is 1.99. The zero-order valence-corrected chi connectivity index (χ0v) is 22.9. The summed E-state index contributed by atoms with van der Waals surface area (Å²) >= 11 is 0.910. The van der Waals surface area contributed by atoms with Gasteiger partial charge >= 0.3 is 24.2 Å². The van der Waals surface area contributed by atoms with Gasteiger partial charge in [-0.1, -0.05) is 0 Å². The van der Waals surface area contributed by atoms with Crippen LogP contribution in [0.2, 0.25) is 0 Å². The molecule has 0 unspecified atom stereocenters. The molecule has 222 valence electrons. The largest absolute Gasteiger partial charge is 0.509 e. The molecular formula is C25H31F2NO11S. The van der Waals surface area contributed by atoms with E-state index < -0.39 is 96.9 Å². The van der Waals surface area contributed by atoms with Crippen LogP contribution in [0.25, 0.3) is 0 Å². The van der Waals surface area contributed by atoms with Gasteiger partial charge in [0.25, 0.3) is 0 Å². The van der Waals surface area contributed by atoms with E-state index in [0.29, 0.717) is 0 Å². The predicted octanol–water partition coefficient (Wildman–Crippen LogP) is 3.16. The Morgan fingerprint density at radius 2 is 1.52 bits per heavy atom. The highest BCUT2D eigenvalue weighted by Crippen LogP contribution is 2.67. The molecule has 3 rings (SSSR count). The summed E-state index contributed by atoms with van der Waals surface area (Å²) < 4.78 is 47.2. The number of aliphatic hydroxyl groups is 1. The van der Waals surface area contributed by atoms with E-state index >= 15 is 0 Å². The number of ether oxygens (including phenoxy) is 4. The summed E-state index contributed by atoms with van der Waals surface area (Å²) in [6, 6.07) is 3.06. The SMILES string of the molecule is CC(C)OC(=O)OCN(COC(=O)OC(C)C)[C@]1(C(=O)O)[C@@H]2[C@@H](C(=O)O)[C@@H]2[C@H](O)[C@H]1CSc1ccc(F)c(F)c1. The number of rotatable bonds is 12. The highest BCUT2D eigenvalue weighted by atomic mass is 32.2. The van der Waals surface area contributed by atoms with E-state index in [0.717, 1.165) is 28.8 Å². The molecule has 0 saturated heterocycles. The Bertz CT molecular complexity index is 1110. The topological polar surface area (TPSA) is 169 Å². The van der Waals surface area contributed by atoms with Gasteiger partial charge in [-0.15, -0.1) is 11.8 Å². The molecule has 15 heteroatoms. The molecule has 2 saturated carbocycles. The normalized spacial score (nSPS) is 26.9. The van der Waals surface area contributed by atoms with Crippen LogP contribution in [-0.2, 0) is 28.5 Å². The maximum atomic E-state index is 13.8. The van der Waals surface area contributed by atoms with E-state index in [9.17, 15) is 43.3 Å². The first-order valence-electron chi connectivity index (χ1n) is 12.4. The molecule has 2 fully saturated rings. The highest BCUT2D eigenvalue weighted by Gasteiger charge is 2.80. The van der Waals surface area contributed by atoms with E-state index in [1.807, 2.05) is 0 Å². The number of aliphatic hydroxyl groups excluding tert-OH is 1. The number of carbonyl (C=O) groups is 4. The fourth-order valence-corrected chi connectivity index (χ4v) is 6.42. The number of carboxylic acids is 2. The van der Waals surface area contributed by atoms with E-state index in [-0.39, 0.29) is 10.6 Å². The molecule has 1 aromatic carbocycles. The van der Waals surface area contributed by atoms with Crippen molar-refractivity contribution in [2.24, 2.45) is 23.7 Å². The van der Waals surface area contributed by atoms with Crippen molar-refractivity contribution in [1.82, 2.24) is 4.90 Å². The summed E-state index contributed by atoms with van der Waals surface area (Å²) in [4.78, 5) is 50.5. The van der Waals surface area contributed by atoms with Gasteiger partial charge < -0.3 is 34.3 Å². The Labute approximate surface area is 232 Å². The van der Waals surface area contributed by atoms with Gasteiger partial charge in [0.05, 0.1) is 24.2 Å². The predicted molar refractivity (Wildman–Crippen MR) is 132 cm³/mol. The quantitative estimate of drug-likeness (QED) is 0.184. The first-order chi connectivity index (χ1) is 18.7. The number of fused-ring (bicyclic) bond motifs is 1. The summed E-state index contributed by atoms with van der Waals surface area (Å²) in [6.45, 7) is 4.56. The van der Waals surface area contributed by atoms with Gasteiger partial charge in [0.2, 0.25) is 0 Å². The van der Waals surface area contributed by atoms with Crippen LogP contribution in [0.1, 0.15) is 27.7 Å². The van der Waals surface area contributed by atoms with Crippen molar-refractivity contribution in [2.45, 2.75) is 56.4 Å². The highest BCUT2D eigenvalue weighted by molar-refractivity contribution is 7.99. The lowest BCUT2D eigenvalue weighted by atomic mass is 9.79. The number of thioether (sulfide) groups is 1. The van der Waals surface area contributed by atoms with E-state index in [1.54, 1.807) is 27.7 Å². The molecular weight excluding hydrogens is 560 g/mol. The average Bonchev–Trinajstić information content (AvgIpc) is 3.53. The van der Waals surface area contributed by atoms with Gasteiger partial charge in [0.1, 0.15) is 5.54 Å². The molecule has 0 heterocycles. The minimum absolute atomic E-state index is 0.193. The fourth-order valence-electron chi connectivity index (χ4n) is 5.25. The van der Waals surface area contributed by atoms with Crippen molar-refractivity contribution < 1.29 is 62.2 Å². The lowest BCUT2D eigenvalue weighted by molar-refractivity contribution is -0.174. The van der Waals surface area contributed by atoms with E-state index in [1.165, 1.54) is 6.07 Å². The number of halogens is 2. The van der Waals surface area contributed by atoms with Gasteiger partial charge in [0, 0.05) is 28.4 Å². The van der Waals surface area contributed by atoms with Gasteiger partial charge in [-0.3, -0.25) is 9.59 Å². The average molecular weight is 592 g/mol. The molecule has 12 nitrogen and oxygen atoms in total. The Morgan fingerprint density at radius 1 is 0.975 bits per heavy atom. The Hall–Kier alpha value is -3.17. The number of carbonyl (C=O) groups excluding carboxylic acids is 2. The van der Waals surface area contributed by atoms with Crippen LogP contribution in [0.3, 0.4) is 0 Å². The molecule has 0 bridgehead atoms. The minimum atomic E-state index is -2.23. The molecule has 3 N–H and O–H groups in total. The summed E-state index contributed by atoms with van der Waals surface area (Å²) in [6.07, 6.45) is -4.96. The van der Waals surface area contributed by atoms with Gasteiger partial charge in [-0.05, 0) is 45.9 Å². The third-order valence-corrected chi connectivity index (χ3v) is 7.88. The smallest absolute Gasteiger partial charge is 0.481 e. The van der Waals surface area contributed by atoms with Crippen molar-refractivity contribution in [3.8, 4) is 0 Å². The second kappa shape index (κ2) is 12.6. The third kappa shape index (κ3) is 6.41. The van der Waals surface area contributed by atoms with Crippen LogP contribution in [-0.4, -0.2) is 87.5 Å². The standard InChI is InChI=1S/C25H31F2NO11S/c1-11(2)38-23(34)36-9-28(10-37-24(35)39-12(3)4)25(22(32)33)14(20(29)17-18(19(17)25)21(30)31)8-40-13-5-6-15(26)16(27)7-13/h5-7,11-12,14,17-20,29H,8-10H2,1-4H3,(H,30,31)(H,32,33)/t14-,17+,18+,19+,20-,25+/m1/s1. The number of benzene rings is 1. The molecule has 2 aliphatic carbocycles. The molecule has 0 aromatic heterocycles. The number of hydrogen-bond acceptors (Lipinski definition) is 11. The molecule has 0 spiro atoms. The maximum absolute atomic E-state index is 13.8. The summed E-state index contributed by atoms with van der Waals surface area (Å²) in [5.41, 5.74) is -2.23. The van der Waals surface area contributed by atoms with Crippen LogP contribution in [0.4, 0.5) is 18.4 Å². The molecule has 0 aliphatic heterocycles. The zero-order valence-electron chi connectivity index (χ0n) is 22.1. The fraction of sp³-hybridized carbons (Fsp3) is 0.600. The Morgan fingerprint density at radius 3 is 1.98 bits per heavy atom. The van der Waals surface area contributed by atoms with Crippen LogP contribution >= 0.6 is 11.8 Å². The lowest BCUT2D eigenvalue weighted by Crippen LogP contribution is -2.63. The van der Waals surface area contributed by atoms with Crippen LogP contribution in [0.5, 0.6) is 0 Å². The molecule has 1 aromatic rings. The van der Waals surface area contributed by atoms with Crippen molar-refractivity contribution in [3.63, 3.8) is 0 Å². The minimum Gasteiger partial charge on any atom is -0.481 e. The van der Waals surface area contributed by atoms with Gasteiger partial charge in [-0.25, -0.2) is 23.3 Å². The van der Waals surface area contributed by atoms with Crippen molar-refractivity contribution >= 4 is 36.0 Å². The zero-order chi connectivity index (χ0) is 29.9. The molecule has 0 radical (unpaired) electrons. The molecule has 6 atom stereocenters. The van der Waals surface area contributed by atoms with Crippen LogP contribution in [0.15, 0.2) is 23.1 Å². The molecule has 2 aliphatic rings. The Kier molecular flexibility index (Phi) is 9.85. The number of aliphatic carboxylic acids is 2. The van der Waals surface area contributed by atoms with E-state index in [2.05, 4.69) is 0 Å². The van der Waals surface area contributed by atoms with Crippen molar-refractivity contribution in [2.75, 3.05) is 19.2 Å². The second-order valence-electron chi connectivity index (χ2n) is 10.0. The second-order valence-corrected chi connectivity index (χ2v) is 11.1. The number of hydrogen-bond donors (Lipinski definition) is 3. The first-order valence-corrected chi connectivity index (χ1v) is 13.3.